The summed E-state index contributed by atoms with van der Waals surface area (Å²) in [6, 6.07) is 5.57. The van der Waals surface area contributed by atoms with Gasteiger partial charge in [0, 0.05) is 0 Å². The Labute approximate surface area is 139 Å². The molecular weight excluding hydrogens is 292 g/mol. The third-order valence-electron chi connectivity index (χ3n) is 3.82. The lowest BCUT2D eigenvalue weighted by Crippen LogP contribution is -2.13. The van der Waals surface area contributed by atoms with E-state index in [1.807, 2.05) is 26.0 Å². The largest absolute Gasteiger partial charge is 0.466 e. The SMILES string of the molecule is CCCCCCCOC(=O)CCC(=O)Oc1cccc(C)c1C. The molecule has 0 unspecified atom stereocenters. The highest BCUT2D eigenvalue weighted by molar-refractivity contribution is 5.79. The van der Waals surface area contributed by atoms with Crippen LogP contribution in [0, 0.1) is 13.8 Å². The molecule has 4 heteroatoms. The van der Waals surface area contributed by atoms with E-state index in [-0.39, 0.29) is 18.8 Å². The van der Waals surface area contributed by atoms with E-state index in [1.165, 1.54) is 19.3 Å². The number of carbonyl (C=O) groups is 2. The van der Waals surface area contributed by atoms with Gasteiger partial charge in [-0.1, -0.05) is 44.7 Å². The number of hydrogen-bond acceptors (Lipinski definition) is 4. The van der Waals surface area contributed by atoms with Gasteiger partial charge in [-0.3, -0.25) is 9.59 Å². The summed E-state index contributed by atoms with van der Waals surface area (Å²) in [5, 5.41) is 0. The first-order chi connectivity index (χ1) is 11.0. The first kappa shape index (κ1) is 19.2. The molecule has 0 saturated heterocycles. The average Bonchev–Trinajstić information content (AvgIpc) is 2.53. The van der Waals surface area contributed by atoms with Crippen molar-refractivity contribution in [3.8, 4) is 5.75 Å². The lowest BCUT2D eigenvalue weighted by atomic mass is 10.1. The summed E-state index contributed by atoms with van der Waals surface area (Å²) in [4.78, 5) is 23.4. The van der Waals surface area contributed by atoms with Crippen LogP contribution in [-0.4, -0.2) is 18.5 Å². The molecule has 0 atom stereocenters. The van der Waals surface area contributed by atoms with Crippen molar-refractivity contribution in [2.45, 2.75) is 65.7 Å². The molecule has 0 saturated carbocycles. The Morgan fingerprint density at radius 2 is 1.65 bits per heavy atom. The van der Waals surface area contributed by atoms with E-state index >= 15 is 0 Å². The van der Waals surface area contributed by atoms with Gasteiger partial charge in [0.1, 0.15) is 5.75 Å². The van der Waals surface area contributed by atoms with Crippen LogP contribution in [0.3, 0.4) is 0 Å². The summed E-state index contributed by atoms with van der Waals surface area (Å²) in [6.45, 7) is 6.47. The van der Waals surface area contributed by atoms with Gasteiger partial charge in [0.25, 0.3) is 0 Å². The topological polar surface area (TPSA) is 52.6 Å². The van der Waals surface area contributed by atoms with Crippen LogP contribution in [0.15, 0.2) is 18.2 Å². The Morgan fingerprint density at radius 3 is 2.39 bits per heavy atom. The normalized spacial score (nSPS) is 10.4. The molecule has 1 aromatic rings. The fourth-order valence-corrected chi connectivity index (χ4v) is 2.18. The van der Waals surface area contributed by atoms with Crippen molar-refractivity contribution >= 4 is 11.9 Å². The zero-order valence-corrected chi connectivity index (χ0v) is 14.5. The molecule has 0 aliphatic rings. The van der Waals surface area contributed by atoms with Gasteiger partial charge in [0.2, 0.25) is 0 Å². The monoisotopic (exact) mass is 320 g/mol. The maximum absolute atomic E-state index is 11.8. The Balaban J connectivity index is 2.20. The van der Waals surface area contributed by atoms with Crippen LogP contribution < -0.4 is 4.74 Å². The van der Waals surface area contributed by atoms with Crippen molar-refractivity contribution in [2.24, 2.45) is 0 Å². The highest BCUT2D eigenvalue weighted by atomic mass is 16.5. The van der Waals surface area contributed by atoms with Crippen LogP contribution in [0.5, 0.6) is 5.75 Å². The summed E-state index contributed by atoms with van der Waals surface area (Å²) < 4.78 is 10.4. The third-order valence-corrected chi connectivity index (χ3v) is 3.82. The molecule has 0 bridgehead atoms. The van der Waals surface area contributed by atoms with Crippen molar-refractivity contribution in [3.05, 3.63) is 29.3 Å². The van der Waals surface area contributed by atoms with Crippen molar-refractivity contribution in [3.63, 3.8) is 0 Å². The molecule has 0 amide bonds. The molecule has 4 nitrogen and oxygen atoms in total. The van der Waals surface area contributed by atoms with Crippen LogP contribution >= 0.6 is 0 Å². The predicted molar refractivity (Wildman–Crippen MR) is 90.5 cm³/mol. The van der Waals surface area contributed by atoms with Crippen molar-refractivity contribution in [1.82, 2.24) is 0 Å². The Hall–Kier alpha value is -1.84. The first-order valence-electron chi connectivity index (χ1n) is 8.47. The molecule has 0 radical (unpaired) electrons. The summed E-state index contributed by atoms with van der Waals surface area (Å²) in [5.74, 6) is -0.184. The molecule has 0 spiro atoms. The molecule has 128 valence electrons. The van der Waals surface area contributed by atoms with E-state index in [1.54, 1.807) is 6.07 Å². The quantitative estimate of drug-likeness (QED) is 0.362. The van der Waals surface area contributed by atoms with E-state index < -0.39 is 5.97 Å². The highest BCUT2D eigenvalue weighted by Gasteiger charge is 2.11. The number of hydrogen-bond donors (Lipinski definition) is 0. The lowest BCUT2D eigenvalue weighted by molar-refractivity contribution is -0.147. The fourth-order valence-electron chi connectivity index (χ4n) is 2.18. The van der Waals surface area contributed by atoms with E-state index in [9.17, 15) is 9.59 Å². The second kappa shape index (κ2) is 10.8. The zero-order valence-electron chi connectivity index (χ0n) is 14.5. The molecule has 0 aliphatic heterocycles. The molecule has 0 aromatic heterocycles. The Kier molecular flexibility index (Phi) is 9.03. The van der Waals surface area contributed by atoms with Gasteiger partial charge in [0.05, 0.1) is 19.4 Å². The van der Waals surface area contributed by atoms with Crippen LogP contribution in [0.4, 0.5) is 0 Å². The molecular formula is C19H28O4. The van der Waals surface area contributed by atoms with Crippen LogP contribution in [0.1, 0.15) is 63.0 Å². The zero-order chi connectivity index (χ0) is 17.1. The molecule has 0 aliphatic carbocycles. The minimum atomic E-state index is -0.404. The minimum absolute atomic E-state index is 0.0437. The van der Waals surface area contributed by atoms with E-state index in [0.717, 1.165) is 24.0 Å². The number of rotatable bonds is 10. The third kappa shape index (κ3) is 7.82. The Bertz CT molecular complexity index is 508. The fraction of sp³-hybridized carbons (Fsp3) is 0.579. The molecule has 0 heterocycles. The molecule has 1 aromatic carbocycles. The molecule has 0 N–H and O–H groups in total. The smallest absolute Gasteiger partial charge is 0.311 e. The second-order valence-corrected chi connectivity index (χ2v) is 5.81. The van der Waals surface area contributed by atoms with Crippen molar-refractivity contribution in [2.75, 3.05) is 6.61 Å². The van der Waals surface area contributed by atoms with Gasteiger partial charge >= 0.3 is 11.9 Å². The highest BCUT2D eigenvalue weighted by Crippen LogP contribution is 2.21. The van der Waals surface area contributed by atoms with Gasteiger partial charge in [-0.25, -0.2) is 0 Å². The molecule has 1 rings (SSSR count). The number of esters is 2. The molecule has 0 fully saturated rings. The summed E-state index contributed by atoms with van der Waals surface area (Å²) in [7, 11) is 0. The predicted octanol–water partition coefficient (Wildman–Crippen LogP) is 4.50. The maximum Gasteiger partial charge on any atom is 0.311 e. The van der Waals surface area contributed by atoms with Gasteiger partial charge in [0.15, 0.2) is 0 Å². The number of ether oxygens (including phenoxy) is 2. The number of aryl methyl sites for hydroxylation is 1. The standard InChI is InChI=1S/C19H28O4/c1-4-5-6-7-8-14-22-18(20)12-13-19(21)23-17-11-9-10-15(2)16(17)3/h9-11H,4-8,12-14H2,1-3H3. The average molecular weight is 320 g/mol. The lowest BCUT2D eigenvalue weighted by Gasteiger charge is -2.09. The number of unbranched alkanes of at least 4 members (excludes halogenated alkanes) is 4. The first-order valence-corrected chi connectivity index (χ1v) is 8.47. The van der Waals surface area contributed by atoms with E-state index in [0.29, 0.717) is 12.4 Å². The van der Waals surface area contributed by atoms with Gasteiger partial charge in [-0.15, -0.1) is 0 Å². The van der Waals surface area contributed by atoms with E-state index in [2.05, 4.69) is 6.92 Å². The van der Waals surface area contributed by atoms with Gasteiger partial charge in [-0.2, -0.15) is 0 Å². The van der Waals surface area contributed by atoms with Gasteiger partial charge < -0.3 is 9.47 Å². The molecule has 23 heavy (non-hydrogen) atoms. The summed E-state index contributed by atoms with van der Waals surface area (Å²) in [5.41, 5.74) is 2.01. The van der Waals surface area contributed by atoms with Crippen molar-refractivity contribution < 1.29 is 19.1 Å². The minimum Gasteiger partial charge on any atom is -0.466 e. The number of benzene rings is 1. The maximum atomic E-state index is 11.8. The van der Waals surface area contributed by atoms with E-state index in [4.69, 9.17) is 9.47 Å². The second-order valence-electron chi connectivity index (χ2n) is 5.81. The van der Waals surface area contributed by atoms with Gasteiger partial charge in [-0.05, 0) is 37.5 Å². The van der Waals surface area contributed by atoms with Crippen LogP contribution in [0.2, 0.25) is 0 Å². The van der Waals surface area contributed by atoms with Crippen LogP contribution in [-0.2, 0) is 14.3 Å². The number of carbonyl (C=O) groups excluding carboxylic acids is 2. The van der Waals surface area contributed by atoms with Crippen molar-refractivity contribution in [1.29, 1.82) is 0 Å². The summed E-state index contributed by atoms with van der Waals surface area (Å²) >= 11 is 0. The Morgan fingerprint density at radius 1 is 0.957 bits per heavy atom. The van der Waals surface area contributed by atoms with Crippen LogP contribution in [0.25, 0.3) is 0 Å². The summed E-state index contributed by atoms with van der Waals surface area (Å²) in [6.07, 6.45) is 5.67.